The van der Waals surface area contributed by atoms with E-state index >= 15 is 0 Å². The number of alkyl halides is 5. The molecule has 9 heteroatoms. The third-order valence-electron chi connectivity index (χ3n) is 2.37. The molecule has 0 bridgehead atoms. The second-order valence-electron chi connectivity index (χ2n) is 4.00. The fourth-order valence-corrected chi connectivity index (χ4v) is 1.24. The van der Waals surface area contributed by atoms with E-state index in [4.69, 9.17) is 5.73 Å². The van der Waals surface area contributed by atoms with E-state index in [0.29, 0.717) is 6.07 Å². The fraction of sp³-hybridized carbons (Fsp3) is 0.455. The largest absolute Gasteiger partial charge is 0.455 e. The number of nitrogens with two attached hydrogens (primary N) is 1. The maximum absolute atomic E-state index is 12.9. The summed E-state index contributed by atoms with van der Waals surface area (Å²) >= 11 is 0. The van der Waals surface area contributed by atoms with Crippen molar-refractivity contribution in [2.45, 2.75) is 18.1 Å². The van der Waals surface area contributed by atoms with Crippen molar-refractivity contribution in [3.8, 4) is 0 Å². The quantitative estimate of drug-likeness (QED) is 0.848. The summed E-state index contributed by atoms with van der Waals surface area (Å²) in [5.74, 6) is -7.34. The van der Waals surface area contributed by atoms with Crippen molar-refractivity contribution in [1.82, 2.24) is 0 Å². The molecular formula is C11H10F7NO. The van der Waals surface area contributed by atoms with Crippen LogP contribution in [0.2, 0.25) is 0 Å². The van der Waals surface area contributed by atoms with E-state index in [-0.39, 0.29) is 5.56 Å². The second kappa shape index (κ2) is 5.96. The molecule has 0 fully saturated rings. The van der Waals surface area contributed by atoms with Gasteiger partial charge >= 0.3 is 12.1 Å². The third kappa shape index (κ3) is 4.07. The summed E-state index contributed by atoms with van der Waals surface area (Å²) in [6, 6.07) is 1.39. The van der Waals surface area contributed by atoms with Gasteiger partial charge < -0.3 is 10.5 Å². The Morgan fingerprint density at radius 2 is 1.65 bits per heavy atom. The van der Waals surface area contributed by atoms with Crippen LogP contribution in [0.3, 0.4) is 0 Å². The molecule has 0 aliphatic rings. The lowest BCUT2D eigenvalue weighted by atomic mass is 10.1. The summed E-state index contributed by atoms with van der Waals surface area (Å²) in [4.78, 5) is 0. The van der Waals surface area contributed by atoms with Gasteiger partial charge in [-0.1, -0.05) is 6.07 Å². The molecule has 1 rings (SSSR count). The van der Waals surface area contributed by atoms with E-state index in [1.54, 1.807) is 0 Å². The first-order valence-corrected chi connectivity index (χ1v) is 5.27. The van der Waals surface area contributed by atoms with Crippen LogP contribution in [-0.2, 0) is 4.74 Å². The number of benzene rings is 1. The Bertz CT molecular complexity index is 461. The van der Waals surface area contributed by atoms with Gasteiger partial charge in [-0.2, -0.15) is 22.0 Å². The highest BCUT2D eigenvalue weighted by Crippen LogP contribution is 2.35. The molecule has 1 aromatic carbocycles. The van der Waals surface area contributed by atoms with Crippen LogP contribution >= 0.6 is 0 Å². The van der Waals surface area contributed by atoms with E-state index in [1.807, 2.05) is 0 Å². The summed E-state index contributed by atoms with van der Waals surface area (Å²) in [5, 5.41) is 0. The molecule has 1 unspecified atom stereocenters. The van der Waals surface area contributed by atoms with E-state index in [1.165, 1.54) is 0 Å². The highest BCUT2D eigenvalue weighted by atomic mass is 19.4. The monoisotopic (exact) mass is 305 g/mol. The Balaban J connectivity index is 2.56. The molecule has 0 saturated carbocycles. The first-order chi connectivity index (χ1) is 9.04. The van der Waals surface area contributed by atoms with Crippen molar-refractivity contribution in [3.63, 3.8) is 0 Å². The fourth-order valence-electron chi connectivity index (χ4n) is 1.24. The van der Waals surface area contributed by atoms with Crippen LogP contribution in [0.15, 0.2) is 18.2 Å². The number of hydrogen-bond acceptors (Lipinski definition) is 2. The molecule has 0 saturated heterocycles. The number of ether oxygens (including phenoxy) is 1. The van der Waals surface area contributed by atoms with Gasteiger partial charge in [0.25, 0.3) is 0 Å². The van der Waals surface area contributed by atoms with Crippen molar-refractivity contribution in [1.29, 1.82) is 0 Å². The topological polar surface area (TPSA) is 35.2 Å². The number of hydrogen-bond donors (Lipinski definition) is 1. The predicted octanol–water partition coefficient (Wildman–Crippen LogP) is 3.18. The summed E-state index contributed by atoms with van der Waals surface area (Å²) in [7, 11) is 0. The van der Waals surface area contributed by atoms with Gasteiger partial charge in [-0.05, 0) is 17.7 Å². The van der Waals surface area contributed by atoms with Gasteiger partial charge in [-0.25, -0.2) is 8.78 Å². The van der Waals surface area contributed by atoms with Crippen molar-refractivity contribution in [2.75, 3.05) is 13.2 Å². The SMILES string of the molecule is NC(COCC(F)(F)C(F)(F)F)c1ccc(F)c(F)c1. The molecule has 1 aromatic rings. The van der Waals surface area contributed by atoms with E-state index in [0.717, 1.165) is 12.1 Å². The van der Waals surface area contributed by atoms with Crippen LogP contribution in [-0.4, -0.2) is 25.3 Å². The molecule has 20 heavy (non-hydrogen) atoms. The third-order valence-corrected chi connectivity index (χ3v) is 2.37. The minimum atomic E-state index is -5.72. The summed E-state index contributed by atoms with van der Waals surface area (Å²) < 4.78 is 90.2. The molecule has 1 atom stereocenters. The van der Waals surface area contributed by atoms with Crippen LogP contribution in [0, 0.1) is 11.6 Å². The Labute approximate surface area is 109 Å². The van der Waals surface area contributed by atoms with Crippen LogP contribution in [0.25, 0.3) is 0 Å². The molecule has 0 spiro atoms. The van der Waals surface area contributed by atoms with Crippen molar-refractivity contribution in [3.05, 3.63) is 35.4 Å². The van der Waals surface area contributed by atoms with Gasteiger partial charge in [-0.15, -0.1) is 0 Å². The summed E-state index contributed by atoms with van der Waals surface area (Å²) in [6.45, 7) is -2.59. The zero-order valence-corrected chi connectivity index (χ0v) is 9.85. The van der Waals surface area contributed by atoms with Gasteiger partial charge in [0.1, 0.15) is 6.61 Å². The molecule has 2 nitrogen and oxygen atoms in total. The molecule has 0 amide bonds. The normalized spacial score (nSPS) is 14.4. The Morgan fingerprint density at radius 1 is 1.05 bits per heavy atom. The molecule has 0 heterocycles. The van der Waals surface area contributed by atoms with Crippen LogP contribution in [0.1, 0.15) is 11.6 Å². The lowest BCUT2D eigenvalue weighted by Crippen LogP contribution is -2.41. The Kier molecular flexibility index (Phi) is 4.98. The lowest BCUT2D eigenvalue weighted by molar-refractivity contribution is -0.297. The molecule has 0 radical (unpaired) electrons. The van der Waals surface area contributed by atoms with Gasteiger partial charge in [0, 0.05) is 0 Å². The summed E-state index contributed by atoms with van der Waals surface area (Å²) in [6.07, 6.45) is -5.72. The number of halogens is 7. The van der Waals surface area contributed by atoms with Crippen molar-refractivity contribution < 1.29 is 35.5 Å². The molecule has 0 aliphatic carbocycles. The molecule has 2 N–H and O–H groups in total. The highest BCUT2D eigenvalue weighted by molar-refractivity contribution is 5.20. The first kappa shape index (κ1) is 16.7. The maximum Gasteiger partial charge on any atom is 0.455 e. The Hall–Kier alpha value is -1.35. The predicted molar refractivity (Wildman–Crippen MR) is 55.1 cm³/mol. The smallest absolute Gasteiger partial charge is 0.373 e. The average Bonchev–Trinajstić information content (AvgIpc) is 2.30. The highest BCUT2D eigenvalue weighted by Gasteiger charge is 2.57. The Morgan fingerprint density at radius 3 is 2.15 bits per heavy atom. The molecular weight excluding hydrogens is 295 g/mol. The van der Waals surface area contributed by atoms with E-state index < -0.39 is 43.0 Å². The molecule has 0 aliphatic heterocycles. The van der Waals surface area contributed by atoms with Gasteiger partial charge in [0.2, 0.25) is 0 Å². The van der Waals surface area contributed by atoms with Crippen LogP contribution < -0.4 is 5.73 Å². The van der Waals surface area contributed by atoms with Gasteiger partial charge in [0.05, 0.1) is 12.6 Å². The van der Waals surface area contributed by atoms with Gasteiger partial charge in [0.15, 0.2) is 11.6 Å². The second-order valence-corrected chi connectivity index (χ2v) is 4.00. The molecule has 0 aromatic heterocycles. The average molecular weight is 305 g/mol. The number of rotatable bonds is 5. The minimum absolute atomic E-state index is 0.0132. The van der Waals surface area contributed by atoms with Gasteiger partial charge in [-0.3, -0.25) is 0 Å². The van der Waals surface area contributed by atoms with Crippen LogP contribution in [0.4, 0.5) is 30.7 Å². The van der Waals surface area contributed by atoms with Crippen molar-refractivity contribution in [2.24, 2.45) is 5.73 Å². The summed E-state index contributed by atoms with van der Waals surface area (Å²) in [5.41, 5.74) is 5.43. The zero-order valence-electron chi connectivity index (χ0n) is 9.85. The standard InChI is InChI=1S/C11H10F7NO/c12-7-2-1-6(3-8(7)13)9(19)4-20-5-10(14,15)11(16,17)18/h1-3,9H,4-5,19H2. The molecule has 114 valence electrons. The minimum Gasteiger partial charge on any atom is -0.373 e. The van der Waals surface area contributed by atoms with E-state index in [2.05, 4.69) is 4.74 Å². The maximum atomic E-state index is 12.9. The lowest BCUT2D eigenvalue weighted by Gasteiger charge is -2.20. The van der Waals surface area contributed by atoms with Crippen LogP contribution in [0.5, 0.6) is 0 Å². The first-order valence-electron chi connectivity index (χ1n) is 5.27. The van der Waals surface area contributed by atoms with E-state index in [9.17, 15) is 30.7 Å². The zero-order chi connectivity index (χ0) is 15.6. The van der Waals surface area contributed by atoms with Crippen molar-refractivity contribution >= 4 is 0 Å².